The molecule has 25 heavy (non-hydrogen) atoms. The molecule has 4 N–H and O–H groups in total. The van der Waals surface area contributed by atoms with E-state index in [9.17, 15) is 9.90 Å². The molecule has 3 aromatic carbocycles. The van der Waals surface area contributed by atoms with Crippen molar-refractivity contribution in [3.05, 3.63) is 54.1 Å². The highest BCUT2D eigenvalue weighted by atomic mass is 16.3. The molecule has 0 unspecified atom stereocenters. The maximum atomic E-state index is 11.0. The first-order chi connectivity index (χ1) is 11.9. The number of azo groups is 1. The molecule has 0 bridgehead atoms. The highest BCUT2D eigenvalue weighted by Crippen LogP contribution is 2.39. The van der Waals surface area contributed by atoms with Crippen molar-refractivity contribution in [1.82, 2.24) is 0 Å². The lowest BCUT2D eigenvalue weighted by Crippen LogP contribution is -2.04. The average Bonchev–Trinajstić information content (AvgIpc) is 2.55. The van der Waals surface area contributed by atoms with Crippen molar-refractivity contribution in [2.24, 2.45) is 10.2 Å². The number of hydrogen-bond acceptors (Lipinski definition) is 5. The highest BCUT2D eigenvalue weighted by molar-refractivity contribution is 6.02. The zero-order valence-electron chi connectivity index (χ0n) is 13.9. The smallest absolute Gasteiger partial charge is 0.221 e. The Morgan fingerprint density at radius 3 is 2.48 bits per heavy atom. The van der Waals surface area contributed by atoms with Crippen molar-refractivity contribution in [3.63, 3.8) is 0 Å². The number of aryl methyl sites for hydroxylation is 1. The number of benzene rings is 3. The number of anilines is 2. The van der Waals surface area contributed by atoms with Gasteiger partial charge in [0.1, 0.15) is 11.4 Å². The Bertz CT molecular complexity index is 979. The third kappa shape index (κ3) is 3.58. The lowest BCUT2D eigenvalue weighted by atomic mass is 10.0. The van der Waals surface area contributed by atoms with Crippen LogP contribution in [0, 0.1) is 6.92 Å². The van der Waals surface area contributed by atoms with Crippen molar-refractivity contribution < 1.29 is 9.90 Å². The van der Waals surface area contributed by atoms with Crippen molar-refractivity contribution in [2.75, 3.05) is 11.1 Å². The third-order valence-corrected chi connectivity index (χ3v) is 3.70. The van der Waals surface area contributed by atoms with Gasteiger partial charge in [0.15, 0.2) is 0 Å². The Morgan fingerprint density at radius 2 is 1.80 bits per heavy atom. The van der Waals surface area contributed by atoms with E-state index in [1.54, 1.807) is 36.4 Å². The Kier molecular flexibility index (Phi) is 4.35. The van der Waals surface area contributed by atoms with Crippen molar-refractivity contribution >= 4 is 39.4 Å². The second-order valence-corrected chi connectivity index (χ2v) is 5.81. The van der Waals surface area contributed by atoms with Gasteiger partial charge in [0.25, 0.3) is 0 Å². The van der Waals surface area contributed by atoms with Gasteiger partial charge in [0.2, 0.25) is 5.91 Å². The number of hydrogen-bond donors (Lipinski definition) is 3. The van der Waals surface area contributed by atoms with E-state index in [2.05, 4.69) is 15.5 Å². The van der Waals surface area contributed by atoms with Gasteiger partial charge >= 0.3 is 0 Å². The number of nitrogens with zero attached hydrogens (tertiary/aromatic N) is 2. The number of nitrogens with two attached hydrogens (primary N) is 1. The summed E-state index contributed by atoms with van der Waals surface area (Å²) in [5.74, 6) is -0.0130. The fourth-order valence-corrected chi connectivity index (χ4v) is 2.62. The molecule has 0 radical (unpaired) electrons. The summed E-state index contributed by atoms with van der Waals surface area (Å²) in [4.78, 5) is 11.0. The van der Waals surface area contributed by atoms with Crippen molar-refractivity contribution in [3.8, 4) is 5.75 Å². The largest absolute Gasteiger partial charge is 0.507 e. The second-order valence-electron chi connectivity index (χ2n) is 5.81. The SMILES string of the molecule is CC(=O)Nc1ccc(N=Nc2c(N)ccc3cc(C)cc(O)c23)cc1. The highest BCUT2D eigenvalue weighted by Gasteiger charge is 2.10. The Hall–Kier alpha value is -3.41. The molecule has 0 atom stereocenters. The molecule has 0 spiro atoms. The average molecular weight is 334 g/mol. The summed E-state index contributed by atoms with van der Waals surface area (Å²) in [6.07, 6.45) is 0. The summed E-state index contributed by atoms with van der Waals surface area (Å²) in [6.45, 7) is 3.36. The molecule has 0 fully saturated rings. The maximum Gasteiger partial charge on any atom is 0.221 e. The number of nitrogens with one attached hydrogen (secondary N) is 1. The van der Waals surface area contributed by atoms with Crippen molar-refractivity contribution in [1.29, 1.82) is 0 Å². The molecule has 6 heteroatoms. The zero-order chi connectivity index (χ0) is 18.0. The molecule has 1 amide bonds. The predicted molar refractivity (Wildman–Crippen MR) is 99.7 cm³/mol. The normalized spacial score (nSPS) is 11.1. The van der Waals surface area contributed by atoms with Gasteiger partial charge in [-0.2, -0.15) is 5.11 Å². The van der Waals surface area contributed by atoms with Gasteiger partial charge in [-0.1, -0.05) is 12.1 Å². The second kappa shape index (κ2) is 6.60. The minimum Gasteiger partial charge on any atom is -0.507 e. The molecular formula is C19H18N4O2. The van der Waals surface area contributed by atoms with Gasteiger partial charge < -0.3 is 16.2 Å². The van der Waals surface area contributed by atoms with Crippen LogP contribution in [0.3, 0.4) is 0 Å². The molecule has 6 nitrogen and oxygen atoms in total. The molecule has 0 aliphatic rings. The van der Waals surface area contributed by atoms with Crippen LogP contribution in [-0.2, 0) is 4.79 Å². The van der Waals surface area contributed by atoms with Crippen LogP contribution in [0.15, 0.2) is 58.8 Å². The Labute approximate surface area is 145 Å². The molecule has 126 valence electrons. The first-order valence-corrected chi connectivity index (χ1v) is 7.75. The quantitative estimate of drug-likeness (QED) is 0.473. The van der Waals surface area contributed by atoms with Gasteiger partial charge in [-0.25, -0.2) is 0 Å². The number of nitrogen functional groups attached to an aromatic ring is 1. The van der Waals surface area contributed by atoms with E-state index in [0.29, 0.717) is 28.1 Å². The van der Waals surface area contributed by atoms with Gasteiger partial charge in [0.05, 0.1) is 16.8 Å². The number of carbonyl (C=O) groups excluding carboxylic acids is 1. The molecule has 3 rings (SSSR count). The minimum atomic E-state index is -0.135. The summed E-state index contributed by atoms with van der Waals surface area (Å²) in [5.41, 5.74) is 9.13. The molecular weight excluding hydrogens is 316 g/mol. The first-order valence-electron chi connectivity index (χ1n) is 7.75. The van der Waals surface area contributed by atoms with Gasteiger partial charge in [-0.05, 0) is 54.3 Å². The van der Waals surface area contributed by atoms with Crippen LogP contribution in [0.1, 0.15) is 12.5 Å². The van der Waals surface area contributed by atoms with E-state index in [1.165, 1.54) is 6.92 Å². The van der Waals surface area contributed by atoms with Crippen LogP contribution in [0.2, 0.25) is 0 Å². The van der Waals surface area contributed by atoms with Gasteiger partial charge in [-0.3, -0.25) is 4.79 Å². The number of carbonyl (C=O) groups is 1. The van der Waals surface area contributed by atoms with Crippen molar-refractivity contribution in [2.45, 2.75) is 13.8 Å². The summed E-state index contributed by atoms with van der Waals surface area (Å²) >= 11 is 0. The predicted octanol–water partition coefficient (Wildman–Crippen LogP) is 4.81. The molecule has 3 aromatic rings. The minimum absolute atomic E-state index is 0.122. The van der Waals surface area contributed by atoms with E-state index in [1.807, 2.05) is 19.1 Å². The first kappa shape index (κ1) is 16.4. The summed E-state index contributed by atoms with van der Waals surface area (Å²) < 4.78 is 0. The third-order valence-electron chi connectivity index (χ3n) is 3.70. The van der Waals surface area contributed by atoms with Crippen LogP contribution in [0.5, 0.6) is 5.75 Å². The lowest BCUT2D eigenvalue weighted by Gasteiger charge is -2.08. The molecule has 0 aromatic heterocycles. The van der Waals surface area contributed by atoms with Crippen LogP contribution in [-0.4, -0.2) is 11.0 Å². The molecule has 0 aliphatic heterocycles. The zero-order valence-corrected chi connectivity index (χ0v) is 13.9. The van der Waals surface area contributed by atoms with Crippen LogP contribution >= 0.6 is 0 Å². The fourth-order valence-electron chi connectivity index (χ4n) is 2.62. The summed E-state index contributed by atoms with van der Waals surface area (Å²) in [7, 11) is 0. The topological polar surface area (TPSA) is 100 Å². The van der Waals surface area contributed by atoms with E-state index in [-0.39, 0.29) is 11.7 Å². The van der Waals surface area contributed by atoms with Crippen LogP contribution < -0.4 is 11.1 Å². The standard InChI is InChI=1S/C19H18N4O2/c1-11-9-13-3-8-16(20)19(18(13)17(25)10-11)23-22-15-6-4-14(5-7-15)21-12(2)24/h3-10,25H,20H2,1-2H3,(H,21,24). The monoisotopic (exact) mass is 334 g/mol. The van der Waals surface area contributed by atoms with Gasteiger partial charge in [-0.15, -0.1) is 5.11 Å². The Morgan fingerprint density at radius 1 is 1.08 bits per heavy atom. The van der Waals surface area contributed by atoms with Crippen LogP contribution in [0.4, 0.5) is 22.7 Å². The van der Waals surface area contributed by atoms with E-state index >= 15 is 0 Å². The Balaban J connectivity index is 1.98. The molecule has 0 heterocycles. The van der Waals surface area contributed by atoms with Gasteiger partial charge in [0, 0.05) is 12.6 Å². The number of fused-ring (bicyclic) bond motifs is 1. The summed E-state index contributed by atoms with van der Waals surface area (Å²) in [5, 5.41) is 22.8. The molecule has 0 saturated heterocycles. The van der Waals surface area contributed by atoms with Crippen LogP contribution in [0.25, 0.3) is 10.8 Å². The number of rotatable bonds is 3. The molecule has 0 saturated carbocycles. The van der Waals surface area contributed by atoms with E-state index < -0.39 is 0 Å². The summed E-state index contributed by atoms with van der Waals surface area (Å²) in [6, 6.07) is 14.2. The van der Waals surface area contributed by atoms with E-state index in [0.717, 1.165) is 10.9 Å². The maximum absolute atomic E-state index is 11.0. The number of phenolic OH excluding ortho intramolecular Hbond substituents is 1. The number of aromatic hydroxyl groups is 1. The van der Waals surface area contributed by atoms with E-state index in [4.69, 9.17) is 5.73 Å². The molecule has 0 aliphatic carbocycles. The number of amides is 1. The number of phenols is 1. The lowest BCUT2D eigenvalue weighted by molar-refractivity contribution is -0.114. The fraction of sp³-hybridized carbons (Fsp3) is 0.105.